The minimum Gasteiger partial charge on any atom is -0.385 e. The van der Waals surface area contributed by atoms with Crippen LogP contribution in [0.3, 0.4) is 0 Å². The van der Waals surface area contributed by atoms with Gasteiger partial charge in [-0.25, -0.2) is 4.98 Å². The number of nitrogens with zero attached hydrogens (tertiary/aromatic N) is 2. The van der Waals surface area contributed by atoms with Gasteiger partial charge in [0, 0.05) is 25.5 Å². The molecule has 15 heavy (non-hydrogen) atoms. The van der Waals surface area contributed by atoms with E-state index in [1.54, 1.807) is 25.2 Å². The summed E-state index contributed by atoms with van der Waals surface area (Å²) < 4.78 is 9.98. The van der Waals surface area contributed by atoms with Crippen LogP contribution in [0.15, 0.2) is 10.7 Å². The fourth-order valence-electron chi connectivity index (χ4n) is 1.08. The Bertz CT molecular complexity index is 244. The minimum absolute atomic E-state index is 0.528. The summed E-state index contributed by atoms with van der Waals surface area (Å²) in [7, 11) is 1.73. The summed E-state index contributed by atoms with van der Waals surface area (Å²) >= 11 is 3.22. The van der Waals surface area contributed by atoms with E-state index in [1.807, 2.05) is 0 Å². The molecule has 4 nitrogen and oxygen atoms in total. The monoisotopic (exact) mass is 247 g/mol. The molecule has 1 aromatic heterocycles. The van der Waals surface area contributed by atoms with Gasteiger partial charge in [-0.3, -0.25) is 0 Å². The predicted molar refractivity (Wildman–Crippen MR) is 64.6 cm³/mol. The molecule has 6 heteroatoms. The van der Waals surface area contributed by atoms with Gasteiger partial charge in [-0.2, -0.15) is 4.37 Å². The van der Waals surface area contributed by atoms with Crippen molar-refractivity contribution in [1.82, 2.24) is 14.7 Å². The standard InChI is InChI=1S/C9H17N3OS2/c1-8(6-10-4-3-5-13-2)14-9-11-7-12-15-9/h7-8,10H,3-6H2,1-2H3. The Hall–Kier alpha value is -0.170. The van der Waals surface area contributed by atoms with E-state index in [-0.39, 0.29) is 0 Å². The molecule has 0 aliphatic carbocycles. The Morgan fingerprint density at radius 1 is 1.67 bits per heavy atom. The largest absolute Gasteiger partial charge is 0.385 e. The second-order valence-corrected chi connectivity index (χ2v) is 5.65. The number of methoxy groups -OCH3 is 1. The predicted octanol–water partition coefficient (Wildman–Crippen LogP) is 1.64. The first kappa shape index (κ1) is 12.9. The first-order chi connectivity index (χ1) is 7.33. The fraction of sp³-hybridized carbons (Fsp3) is 0.778. The molecule has 0 bridgehead atoms. The van der Waals surface area contributed by atoms with Gasteiger partial charge in [-0.15, -0.1) is 0 Å². The number of nitrogens with one attached hydrogen (secondary N) is 1. The molecule has 1 heterocycles. The first-order valence-corrected chi connectivity index (χ1v) is 6.61. The second kappa shape index (κ2) is 8.04. The van der Waals surface area contributed by atoms with Gasteiger partial charge in [0.2, 0.25) is 0 Å². The maximum atomic E-state index is 4.97. The van der Waals surface area contributed by atoms with E-state index in [0.29, 0.717) is 5.25 Å². The Balaban J connectivity index is 2.01. The quantitative estimate of drug-likeness (QED) is 0.559. The second-order valence-electron chi connectivity index (χ2n) is 3.19. The van der Waals surface area contributed by atoms with Crippen molar-refractivity contribution in [1.29, 1.82) is 0 Å². The molecule has 1 rings (SSSR count). The van der Waals surface area contributed by atoms with Crippen molar-refractivity contribution in [2.45, 2.75) is 22.9 Å². The highest BCUT2D eigenvalue weighted by atomic mass is 32.2. The summed E-state index contributed by atoms with van der Waals surface area (Å²) in [5.74, 6) is 0. The van der Waals surface area contributed by atoms with Crippen molar-refractivity contribution >= 4 is 23.3 Å². The van der Waals surface area contributed by atoms with Crippen LogP contribution in [0, 0.1) is 0 Å². The third-order valence-electron chi connectivity index (χ3n) is 1.78. The van der Waals surface area contributed by atoms with Crippen molar-refractivity contribution in [3.63, 3.8) is 0 Å². The molecule has 0 saturated heterocycles. The zero-order valence-corrected chi connectivity index (χ0v) is 10.7. The van der Waals surface area contributed by atoms with E-state index in [9.17, 15) is 0 Å². The summed E-state index contributed by atoms with van der Waals surface area (Å²) in [4.78, 5) is 4.14. The molecule has 86 valence electrons. The van der Waals surface area contributed by atoms with Gasteiger partial charge < -0.3 is 10.1 Å². The van der Waals surface area contributed by atoms with Crippen LogP contribution in [-0.4, -0.2) is 41.4 Å². The first-order valence-electron chi connectivity index (χ1n) is 4.96. The fourth-order valence-corrected chi connectivity index (χ4v) is 2.80. The van der Waals surface area contributed by atoms with Gasteiger partial charge >= 0.3 is 0 Å². The average molecular weight is 247 g/mol. The van der Waals surface area contributed by atoms with Gasteiger partial charge in [0.1, 0.15) is 6.33 Å². The Morgan fingerprint density at radius 3 is 3.20 bits per heavy atom. The number of rotatable bonds is 8. The normalized spacial score (nSPS) is 12.9. The molecular formula is C9H17N3OS2. The van der Waals surface area contributed by atoms with Crippen LogP contribution in [-0.2, 0) is 4.74 Å². The molecule has 1 aromatic rings. The van der Waals surface area contributed by atoms with Crippen molar-refractivity contribution in [3.05, 3.63) is 6.33 Å². The molecule has 0 spiro atoms. The SMILES string of the molecule is COCCCNCC(C)Sc1ncns1. The number of aromatic nitrogens is 2. The van der Waals surface area contributed by atoms with E-state index in [1.165, 1.54) is 11.5 Å². The Kier molecular flexibility index (Phi) is 6.91. The van der Waals surface area contributed by atoms with Crippen LogP contribution >= 0.6 is 23.3 Å². The number of thioether (sulfide) groups is 1. The maximum absolute atomic E-state index is 4.97. The summed E-state index contributed by atoms with van der Waals surface area (Å²) in [6, 6.07) is 0. The van der Waals surface area contributed by atoms with Crippen LogP contribution in [0.2, 0.25) is 0 Å². The van der Waals surface area contributed by atoms with Gasteiger partial charge in [0.15, 0.2) is 4.34 Å². The van der Waals surface area contributed by atoms with Crippen LogP contribution in [0.4, 0.5) is 0 Å². The minimum atomic E-state index is 0.528. The van der Waals surface area contributed by atoms with Crippen LogP contribution in [0.1, 0.15) is 13.3 Å². The zero-order valence-electron chi connectivity index (χ0n) is 9.10. The molecule has 0 amide bonds. The summed E-state index contributed by atoms with van der Waals surface area (Å²) in [5.41, 5.74) is 0. The molecule has 0 aromatic carbocycles. The van der Waals surface area contributed by atoms with Crippen molar-refractivity contribution < 1.29 is 4.74 Å². The van der Waals surface area contributed by atoms with E-state index in [4.69, 9.17) is 4.74 Å². The lowest BCUT2D eigenvalue weighted by atomic mass is 10.4. The molecule has 0 fully saturated rings. The van der Waals surface area contributed by atoms with E-state index < -0.39 is 0 Å². The topological polar surface area (TPSA) is 47.0 Å². The third kappa shape index (κ3) is 6.09. The molecule has 0 saturated carbocycles. The molecule has 1 unspecified atom stereocenters. The lowest BCUT2D eigenvalue weighted by Gasteiger charge is -2.09. The number of hydrogen-bond acceptors (Lipinski definition) is 6. The van der Waals surface area contributed by atoms with E-state index >= 15 is 0 Å². The molecular weight excluding hydrogens is 230 g/mol. The van der Waals surface area contributed by atoms with Crippen molar-refractivity contribution in [3.8, 4) is 0 Å². The lowest BCUT2D eigenvalue weighted by Crippen LogP contribution is -2.24. The third-order valence-corrected chi connectivity index (χ3v) is 3.63. The summed E-state index contributed by atoms with van der Waals surface area (Å²) in [6.45, 7) is 5.02. The van der Waals surface area contributed by atoms with Gasteiger partial charge in [0.05, 0.1) is 0 Å². The van der Waals surface area contributed by atoms with Gasteiger partial charge in [-0.05, 0) is 24.5 Å². The molecule has 0 radical (unpaired) electrons. The smallest absolute Gasteiger partial charge is 0.170 e. The highest BCUT2D eigenvalue weighted by Gasteiger charge is 2.05. The lowest BCUT2D eigenvalue weighted by molar-refractivity contribution is 0.194. The Labute approximate surface area is 99.0 Å². The van der Waals surface area contributed by atoms with E-state index in [2.05, 4.69) is 21.6 Å². The molecule has 1 atom stereocenters. The highest BCUT2D eigenvalue weighted by Crippen LogP contribution is 2.22. The van der Waals surface area contributed by atoms with Crippen LogP contribution < -0.4 is 5.32 Å². The zero-order chi connectivity index (χ0) is 10.9. The average Bonchev–Trinajstić information content (AvgIpc) is 2.70. The van der Waals surface area contributed by atoms with Crippen molar-refractivity contribution in [2.75, 3.05) is 26.8 Å². The molecule has 0 aliphatic rings. The number of hydrogen-bond donors (Lipinski definition) is 1. The Morgan fingerprint density at radius 2 is 2.53 bits per heavy atom. The maximum Gasteiger partial charge on any atom is 0.170 e. The molecule has 1 N–H and O–H groups in total. The summed E-state index contributed by atoms with van der Waals surface area (Å²) in [6.07, 6.45) is 2.67. The van der Waals surface area contributed by atoms with Crippen LogP contribution in [0.5, 0.6) is 0 Å². The van der Waals surface area contributed by atoms with Crippen molar-refractivity contribution in [2.24, 2.45) is 0 Å². The van der Waals surface area contributed by atoms with Crippen LogP contribution in [0.25, 0.3) is 0 Å². The van der Waals surface area contributed by atoms with Gasteiger partial charge in [0.25, 0.3) is 0 Å². The summed E-state index contributed by atoms with van der Waals surface area (Å²) in [5, 5.41) is 3.92. The van der Waals surface area contributed by atoms with Gasteiger partial charge in [-0.1, -0.05) is 18.7 Å². The highest BCUT2D eigenvalue weighted by molar-refractivity contribution is 8.01. The number of ether oxygens (including phenoxy) is 1. The molecule has 0 aliphatic heterocycles. The van der Waals surface area contributed by atoms with E-state index in [0.717, 1.165) is 30.5 Å².